The van der Waals surface area contributed by atoms with Crippen LogP contribution in [-0.4, -0.2) is 64.1 Å². The van der Waals surface area contributed by atoms with Gasteiger partial charge in [0, 0.05) is 45.5 Å². The second kappa shape index (κ2) is 6.17. The van der Waals surface area contributed by atoms with Gasteiger partial charge in [0.15, 0.2) is 0 Å². The predicted octanol–water partition coefficient (Wildman–Crippen LogP) is 0.0827. The maximum Gasteiger partial charge on any atom is 0.223 e. The van der Waals surface area contributed by atoms with Crippen LogP contribution in [0.5, 0.6) is 0 Å². The first-order valence-corrected chi connectivity index (χ1v) is 7.86. The highest BCUT2D eigenvalue weighted by atomic mass is 16.3. The maximum absolute atomic E-state index is 11.9. The lowest BCUT2D eigenvalue weighted by atomic mass is 10.0. The van der Waals surface area contributed by atoms with Crippen LogP contribution >= 0.6 is 0 Å². The number of fused-ring (bicyclic) bond motifs is 1. The zero-order valence-electron chi connectivity index (χ0n) is 13.4. The summed E-state index contributed by atoms with van der Waals surface area (Å²) in [6.45, 7) is 1.88. The van der Waals surface area contributed by atoms with E-state index in [-0.39, 0.29) is 5.91 Å². The number of aromatic nitrogens is 2. The number of β-amino-alcohol motifs (C(OH)–C–C–N with tert-alkyl or cyclic N) is 1. The molecule has 124 valence electrons. The van der Waals surface area contributed by atoms with E-state index < -0.39 is 5.60 Å². The summed E-state index contributed by atoms with van der Waals surface area (Å²) in [5.41, 5.74) is 5.40. The molecule has 1 atom stereocenters. The van der Waals surface area contributed by atoms with Crippen molar-refractivity contribution in [3.63, 3.8) is 0 Å². The Labute approximate surface area is 135 Å². The molecule has 0 saturated carbocycles. The number of likely N-dealkylation sites (N-methyl/N-ethyl adjacent to an activating group) is 1. The van der Waals surface area contributed by atoms with Crippen LogP contribution in [0, 0.1) is 0 Å². The van der Waals surface area contributed by atoms with E-state index in [1.54, 1.807) is 18.1 Å². The number of carbonyl (C=O) groups is 1. The largest absolute Gasteiger partial charge is 0.386 e. The highest BCUT2D eigenvalue weighted by Gasteiger charge is 2.38. The molecular formula is C16H23N5O2. The minimum absolute atomic E-state index is 0.0314. The standard InChI is InChI=1S/C16H23N5O2/c1-19(15(22)5-7-17)11-16(23)6-9-20(12-16)14-4-2-3-13-18-8-10-21(13)14/h2-4,8,10,23H,5-7,9,11-12,17H2,1H3. The van der Waals surface area contributed by atoms with E-state index in [9.17, 15) is 9.90 Å². The van der Waals surface area contributed by atoms with Gasteiger partial charge >= 0.3 is 0 Å². The Kier molecular flexibility index (Phi) is 4.23. The molecule has 2 aromatic heterocycles. The Balaban J connectivity index is 1.72. The van der Waals surface area contributed by atoms with Gasteiger partial charge in [0.2, 0.25) is 5.91 Å². The van der Waals surface area contributed by atoms with E-state index in [1.165, 1.54) is 0 Å². The molecule has 0 spiro atoms. The minimum atomic E-state index is -0.901. The fraction of sp³-hybridized carbons (Fsp3) is 0.500. The summed E-state index contributed by atoms with van der Waals surface area (Å²) >= 11 is 0. The number of nitrogens with zero attached hydrogens (tertiary/aromatic N) is 4. The Morgan fingerprint density at radius 2 is 2.35 bits per heavy atom. The third kappa shape index (κ3) is 3.16. The number of carbonyl (C=O) groups excluding carboxylic acids is 1. The van der Waals surface area contributed by atoms with Gasteiger partial charge < -0.3 is 20.6 Å². The van der Waals surface area contributed by atoms with Crippen molar-refractivity contribution in [2.24, 2.45) is 5.73 Å². The zero-order chi connectivity index (χ0) is 16.4. The van der Waals surface area contributed by atoms with Crippen molar-refractivity contribution in [3.8, 4) is 0 Å². The number of hydrogen-bond donors (Lipinski definition) is 2. The van der Waals surface area contributed by atoms with Crippen LogP contribution < -0.4 is 10.6 Å². The molecule has 7 nitrogen and oxygen atoms in total. The third-order valence-corrected chi connectivity index (χ3v) is 4.38. The number of aliphatic hydroxyl groups is 1. The molecule has 1 unspecified atom stereocenters. The molecule has 3 rings (SSSR count). The molecule has 1 saturated heterocycles. The highest BCUT2D eigenvalue weighted by Crippen LogP contribution is 2.28. The van der Waals surface area contributed by atoms with Crippen LogP contribution in [0.3, 0.4) is 0 Å². The molecule has 0 bridgehead atoms. The van der Waals surface area contributed by atoms with Crippen LogP contribution in [0.15, 0.2) is 30.6 Å². The summed E-state index contributed by atoms with van der Waals surface area (Å²) < 4.78 is 2.01. The van der Waals surface area contributed by atoms with Crippen molar-refractivity contribution in [1.82, 2.24) is 14.3 Å². The number of imidazole rings is 1. The first-order chi connectivity index (χ1) is 11.0. The van der Waals surface area contributed by atoms with Crippen molar-refractivity contribution in [2.45, 2.75) is 18.4 Å². The summed E-state index contributed by atoms with van der Waals surface area (Å²) in [7, 11) is 1.72. The van der Waals surface area contributed by atoms with Crippen LogP contribution in [0.2, 0.25) is 0 Å². The van der Waals surface area contributed by atoms with E-state index in [0.717, 1.165) is 18.0 Å². The van der Waals surface area contributed by atoms with Gasteiger partial charge in [-0.15, -0.1) is 0 Å². The van der Waals surface area contributed by atoms with Crippen molar-refractivity contribution >= 4 is 17.4 Å². The number of pyridine rings is 1. The zero-order valence-corrected chi connectivity index (χ0v) is 13.4. The monoisotopic (exact) mass is 317 g/mol. The number of rotatable bonds is 5. The van der Waals surface area contributed by atoms with E-state index in [1.807, 2.05) is 28.8 Å². The first kappa shape index (κ1) is 15.8. The summed E-state index contributed by atoms with van der Waals surface area (Å²) in [5, 5.41) is 10.8. The Hall–Kier alpha value is -2.12. The van der Waals surface area contributed by atoms with E-state index in [0.29, 0.717) is 32.5 Å². The molecule has 0 radical (unpaired) electrons. The molecule has 7 heteroatoms. The van der Waals surface area contributed by atoms with Gasteiger partial charge in [0.25, 0.3) is 0 Å². The number of anilines is 1. The van der Waals surface area contributed by atoms with Crippen LogP contribution in [0.25, 0.3) is 5.65 Å². The van der Waals surface area contributed by atoms with E-state index in [4.69, 9.17) is 5.73 Å². The Bertz CT molecular complexity index is 701. The third-order valence-electron chi connectivity index (χ3n) is 4.38. The lowest BCUT2D eigenvalue weighted by Gasteiger charge is -2.29. The van der Waals surface area contributed by atoms with E-state index >= 15 is 0 Å². The molecule has 1 fully saturated rings. The van der Waals surface area contributed by atoms with Gasteiger partial charge in [-0.25, -0.2) is 4.98 Å². The van der Waals surface area contributed by atoms with Gasteiger partial charge in [0.05, 0.1) is 6.54 Å². The number of nitrogens with two attached hydrogens (primary N) is 1. The second-order valence-electron chi connectivity index (χ2n) is 6.22. The highest BCUT2D eigenvalue weighted by molar-refractivity contribution is 5.76. The lowest BCUT2D eigenvalue weighted by molar-refractivity contribution is -0.132. The van der Waals surface area contributed by atoms with Gasteiger partial charge in [-0.2, -0.15) is 0 Å². The van der Waals surface area contributed by atoms with Gasteiger partial charge in [-0.05, 0) is 18.6 Å². The lowest BCUT2D eigenvalue weighted by Crippen LogP contribution is -2.46. The van der Waals surface area contributed by atoms with E-state index in [2.05, 4.69) is 9.88 Å². The SMILES string of the molecule is CN(CC1(O)CCN(c2cccc3nccn23)C1)C(=O)CCN. The normalized spacial score (nSPS) is 21.1. The average Bonchev–Trinajstić information content (AvgIpc) is 3.13. The summed E-state index contributed by atoms with van der Waals surface area (Å²) in [5.74, 6) is 0.975. The molecular weight excluding hydrogens is 294 g/mol. The summed E-state index contributed by atoms with van der Waals surface area (Å²) in [6.07, 6.45) is 4.61. The van der Waals surface area contributed by atoms with Crippen LogP contribution in [-0.2, 0) is 4.79 Å². The number of hydrogen-bond acceptors (Lipinski definition) is 5. The second-order valence-corrected chi connectivity index (χ2v) is 6.22. The van der Waals surface area contributed by atoms with Crippen molar-refractivity contribution < 1.29 is 9.90 Å². The fourth-order valence-corrected chi connectivity index (χ4v) is 3.22. The molecule has 0 aromatic carbocycles. The minimum Gasteiger partial charge on any atom is -0.386 e. The molecule has 3 N–H and O–H groups in total. The number of amides is 1. The molecule has 1 aliphatic rings. The van der Waals surface area contributed by atoms with Gasteiger partial charge in [-0.1, -0.05) is 6.07 Å². The smallest absolute Gasteiger partial charge is 0.223 e. The first-order valence-electron chi connectivity index (χ1n) is 7.86. The molecule has 0 aliphatic carbocycles. The molecule has 2 aromatic rings. The summed E-state index contributed by atoms with van der Waals surface area (Å²) in [4.78, 5) is 19.9. The van der Waals surface area contributed by atoms with Crippen LogP contribution in [0.4, 0.5) is 5.82 Å². The quantitative estimate of drug-likeness (QED) is 0.816. The van der Waals surface area contributed by atoms with Gasteiger partial charge in [0.1, 0.15) is 17.1 Å². The average molecular weight is 317 g/mol. The van der Waals surface area contributed by atoms with Gasteiger partial charge in [-0.3, -0.25) is 9.20 Å². The summed E-state index contributed by atoms with van der Waals surface area (Å²) in [6, 6.07) is 5.93. The van der Waals surface area contributed by atoms with Crippen molar-refractivity contribution in [3.05, 3.63) is 30.6 Å². The molecule has 3 heterocycles. The molecule has 23 heavy (non-hydrogen) atoms. The molecule has 1 aliphatic heterocycles. The van der Waals surface area contributed by atoms with Crippen molar-refractivity contribution in [1.29, 1.82) is 0 Å². The Morgan fingerprint density at radius 1 is 1.52 bits per heavy atom. The Morgan fingerprint density at radius 3 is 3.13 bits per heavy atom. The maximum atomic E-state index is 11.9. The van der Waals surface area contributed by atoms with Crippen LogP contribution in [0.1, 0.15) is 12.8 Å². The van der Waals surface area contributed by atoms with Crippen molar-refractivity contribution in [2.75, 3.05) is 38.1 Å². The fourth-order valence-electron chi connectivity index (χ4n) is 3.22. The molecule has 1 amide bonds. The topological polar surface area (TPSA) is 87.1 Å². The predicted molar refractivity (Wildman–Crippen MR) is 88.3 cm³/mol.